The predicted octanol–water partition coefficient (Wildman–Crippen LogP) is 0.344. The van der Waals surface area contributed by atoms with Crippen molar-refractivity contribution in [3.05, 3.63) is 18.0 Å². The first-order valence-electron chi connectivity index (χ1n) is 4.14. The van der Waals surface area contributed by atoms with Gasteiger partial charge in [0.15, 0.2) is 5.78 Å². The summed E-state index contributed by atoms with van der Waals surface area (Å²) >= 11 is 0. The van der Waals surface area contributed by atoms with Gasteiger partial charge in [-0.1, -0.05) is 0 Å². The van der Waals surface area contributed by atoms with Crippen molar-refractivity contribution < 1.29 is 4.79 Å². The molecule has 0 aromatic carbocycles. The van der Waals surface area contributed by atoms with E-state index in [2.05, 4.69) is 15.5 Å². The molecule has 1 aliphatic heterocycles. The van der Waals surface area contributed by atoms with Crippen LogP contribution < -0.4 is 5.32 Å². The highest BCUT2D eigenvalue weighted by Gasteiger charge is 2.23. The molecule has 1 saturated heterocycles. The first kappa shape index (κ1) is 7.49. The van der Waals surface area contributed by atoms with Crippen LogP contribution in [0.5, 0.6) is 0 Å². The Morgan fingerprint density at radius 3 is 3.17 bits per heavy atom. The van der Waals surface area contributed by atoms with Gasteiger partial charge in [-0.15, -0.1) is 0 Å². The summed E-state index contributed by atoms with van der Waals surface area (Å²) < 4.78 is 0. The lowest BCUT2D eigenvalue weighted by atomic mass is 10.1. The average Bonchev–Trinajstić information content (AvgIpc) is 2.77. The van der Waals surface area contributed by atoms with Crippen LogP contribution in [-0.2, 0) is 0 Å². The Bertz CT molecular complexity index is 262. The van der Waals surface area contributed by atoms with E-state index in [0.29, 0.717) is 5.56 Å². The van der Waals surface area contributed by atoms with Crippen molar-refractivity contribution in [1.82, 2.24) is 15.5 Å². The number of H-pyrrole nitrogens is 1. The van der Waals surface area contributed by atoms with Crippen LogP contribution in [-0.4, -0.2) is 28.6 Å². The van der Waals surface area contributed by atoms with Gasteiger partial charge in [-0.2, -0.15) is 5.10 Å². The molecule has 1 atom stereocenters. The molecule has 4 heteroatoms. The van der Waals surface area contributed by atoms with Gasteiger partial charge in [-0.25, -0.2) is 0 Å². The number of Topliss-reactive ketones (excluding diaryl/α,β-unsaturated/α-hetero) is 1. The van der Waals surface area contributed by atoms with Gasteiger partial charge in [0.25, 0.3) is 0 Å². The van der Waals surface area contributed by atoms with Crippen LogP contribution in [0.25, 0.3) is 0 Å². The van der Waals surface area contributed by atoms with Gasteiger partial charge in [0, 0.05) is 6.20 Å². The zero-order valence-corrected chi connectivity index (χ0v) is 6.71. The molecule has 0 spiro atoms. The zero-order valence-electron chi connectivity index (χ0n) is 6.71. The van der Waals surface area contributed by atoms with Gasteiger partial charge in [0.2, 0.25) is 0 Å². The van der Waals surface area contributed by atoms with Crippen LogP contribution in [0.1, 0.15) is 23.2 Å². The van der Waals surface area contributed by atoms with Crippen molar-refractivity contribution in [2.75, 3.05) is 6.54 Å². The van der Waals surface area contributed by atoms with Crippen molar-refractivity contribution in [1.29, 1.82) is 0 Å². The van der Waals surface area contributed by atoms with Gasteiger partial charge in [-0.05, 0) is 19.4 Å². The summed E-state index contributed by atoms with van der Waals surface area (Å²) in [6.45, 7) is 0.953. The quantitative estimate of drug-likeness (QED) is 0.621. The van der Waals surface area contributed by atoms with Crippen LogP contribution in [0, 0.1) is 0 Å². The third kappa shape index (κ3) is 1.25. The van der Waals surface area contributed by atoms with E-state index in [1.165, 1.54) is 0 Å². The molecule has 1 unspecified atom stereocenters. The summed E-state index contributed by atoms with van der Waals surface area (Å²) in [5.74, 6) is 0.154. The SMILES string of the molecule is O=C(c1cn[nH]c1)C1CCCN1. The Hall–Kier alpha value is -1.16. The molecule has 1 aromatic heterocycles. The second kappa shape index (κ2) is 3.06. The molecule has 0 radical (unpaired) electrons. The van der Waals surface area contributed by atoms with E-state index < -0.39 is 0 Å². The number of rotatable bonds is 2. The molecular weight excluding hydrogens is 154 g/mol. The first-order chi connectivity index (χ1) is 5.88. The third-order valence-corrected chi connectivity index (χ3v) is 2.16. The fourth-order valence-corrected chi connectivity index (χ4v) is 1.50. The number of aromatic amines is 1. The number of nitrogens with zero attached hydrogens (tertiary/aromatic N) is 1. The van der Waals surface area contributed by atoms with Crippen LogP contribution in [0.3, 0.4) is 0 Å². The normalized spacial score (nSPS) is 22.8. The first-order valence-corrected chi connectivity index (χ1v) is 4.14. The standard InChI is InChI=1S/C8H11N3O/c12-8(6-4-10-11-5-6)7-2-1-3-9-7/h4-5,7,9H,1-3H2,(H,10,11). The highest BCUT2D eigenvalue weighted by molar-refractivity contribution is 5.99. The number of nitrogens with one attached hydrogen (secondary N) is 2. The minimum Gasteiger partial charge on any atom is -0.307 e. The Labute approximate surface area is 70.4 Å². The maximum Gasteiger partial charge on any atom is 0.182 e. The summed E-state index contributed by atoms with van der Waals surface area (Å²) in [7, 11) is 0. The maximum absolute atomic E-state index is 11.6. The van der Waals surface area contributed by atoms with Gasteiger partial charge >= 0.3 is 0 Å². The molecule has 0 saturated carbocycles. The number of hydrogen-bond donors (Lipinski definition) is 2. The second-order valence-corrected chi connectivity index (χ2v) is 3.00. The molecular formula is C8H11N3O. The van der Waals surface area contributed by atoms with Crippen LogP contribution in [0.15, 0.2) is 12.4 Å². The van der Waals surface area contributed by atoms with E-state index >= 15 is 0 Å². The van der Waals surface area contributed by atoms with Crippen molar-refractivity contribution in [2.45, 2.75) is 18.9 Å². The summed E-state index contributed by atoms with van der Waals surface area (Å²) in [4.78, 5) is 11.6. The van der Waals surface area contributed by atoms with Crippen molar-refractivity contribution in [2.24, 2.45) is 0 Å². The molecule has 1 aromatic rings. The molecule has 12 heavy (non-hydrogen) atoms. The molecule has 4 nitrogen and oxygen atoms in total. The highest BCUT2D eigenvalue weighted by Crippen LogP contribution is 2.10. The number of carbonyl (C=O) groups excluding carboxylic acids is 1. The fourth-order valence-electron chi connectivity index (χ4n) is 1.50. The smallest absolute Gasteiger partial charge is 0.182 e. The van der Waals surface area contributed by atoms with E-state index in [-0.39, 0.29) is 11.8 Å². The minimum absolute atomic E-state index is 0.0163. The predicted molar refractivity (Wildman–Crippen MR) is 43.9 cm³/mol. The lowest BCUT2D eigenvalue weighted by Crippen LogP contribution is -2.30. The molecule has 0 aliphatic carbocycles. The number of ketones is 1. The van der Waals surface area contributed by atoms with E-state index in [1.807, 2.05) is 0 Å². The Balaban J connectivity index is 2.09. The molecule has 1 aliphatic rings. The number of carbonyl (C=O) groups is 1. The molecule has 0 bridgehead atoms. The van der Waals surface area contributed by atoms with Crippen LogP contribution in [0.2, 0.25) is 0 Å². The molecule has 64 valence electrons. The van der Waals surface area contributed by atoms with Crippen molar-refractivity contribution >= 4 is 5.78 Å². The lowest BCUT2D eigenvalue weighted by molar-refractivity contribution is 0.0952. The zero-order chi connectivity index (χ0) is 8.39. The Kier molecular flexibility index (Phi) is 1.91. The van der Waals surface area contributed by atoms with Crippen LogP contribution >= 0.6 is 0 Å². The molecule has 1 fully saturated rings. The molecule has 2 N–H and O–H groups in total. The maximum atomic E-state index is 11.6. The third-order valence-electron chi connectivity index (χ3n) is 2.16. The van der Waals surface area contributed by atoms with Crippen LogP contribution in [0.4, 0.5) is 0 Å². The van der Waals surface area contributed by atoms with Crippen molar-refractivity contribution in [3.63, 3.8) is 0 Å². The van der Waals surface area contributed by atoms with Gasteiger partial charge in [-0.3, -0.25) is 9.89 Å². The van der Waals surface area contributed by atoms with Gasteiger partial charge in [0.05, 0.1) is 17.8 Å². The van der Waals surface area contributed by atoms with Gasteiger partial charge < -0.3 is 5.32 Å². The topological polar surface area (TPSA) is 57.8 Å². The summed E-state index contributed by atoms with van der Waals surface area (Å²) in [5.41, 5.74) is 0.675. The van der Waals surface area contributed by atoms with E-state index in [1.54, 1.807) is 12.4 Å². The summed E-state index contributed by atoms with van der Waals surface area (Å²) in [6, 6.07) is 0.0163. The Morgan fingerprint density at radius 2 is 2.58 bits per heavy atom. The van der Waals surface area contributed by atoms with E-state index in [0.717, 1.165) is 19.4 Å². The molecule has 2 heterocycles. The number of aromatic nitrogens is 2. The minimum atomic E-state index is 0.0163. The van der Waals surface area contributed by atoms with Crippen molar-refractivity contribution in [3.8, 4) is 0 Å². The fraction of sp³-hybridized carbons (Fsp3) is 0.500. The molecule has 0 amide bonds. The number of hydrogen-bond acceptors (Lipinski definition) is 3. The van der Waals surface area contributed by atoms with E-state index in [4.69, 9.17) is 0 Å². The lowest BCUT2D eigenvalue weighted by Gasteiger charge is -2.05. The average molecular weight is 165 g/mol. The monoisotopic (exact) mass is 165 g/mol. The van der Waals surface area contributed by atoms with Gasteiger partial charge in [0.1, 0.15) is 0 Å². The Morgan fingerprint density at radius 1 is 1.67 bits per heavy atom. The van der Waals surface area contributed by atoms with E-state index in [9.17, 15) is 4.79 Å². The largest absolute Gasteiger partial charge is 0.307 e. The second-order valence-electron chi connectivity index (χ2n) is 3.00. The summed E-state index contributed by atoms with van der Waals surface area (Å²) in [6.07, 6.45) is 5.25. The molecule has 2 rings (SSSR count). The summed E-state index contributed by atoms with van der Waals surface area (Å²) in [5, 5.41) is 9.53. The highest BCUT2D eigenvalue weighted by atomic mass is 16.1.